The van der Waals surface area contributed by atoms with Crippen molar-refractivity contribution in [3.05, 3.63) is 29.8 Å². The van der Waals surface area contributed by atoms with Gasteiger partial charge in [0.2, 0.25) is 0 Å². The van der Waals surface area contributed by atoms with Crippen LogP contribution in [0.2, 0.25) is 0 Å². The van der Waals surface area contributed by atoms with Gasteiger partial charge in [-0.1, -0.05) is 38.3 Å². The van der Waals surface area contributed by atoms with Crippen LogP contribution in [-0.4, -0.2) is 25.3 Å². The highest BCUT2D eigenvalue weighted by Gasteiger charge is 2.07. The Bertz CT molecular complexity index is 328. The number of benzene rings is 1. The monoisotopic (exact) mass is 251 g/mol. The van der Waals surface area contributed by atoms with Crippen molar-refractivity contribution in [3.63, 3.8) is 0 Å². The summed E-state index contributed by atoms with van der Waals surface area (Å²) in [7, 11) is 1.64. The second-order valence-electron chi connectivity index (χ2n) is 4.56. The van der Waals surface area contributed by atoms with Gasteiger partial charge in [-0.05, 0) is 30.7 Å². The largest absolute Gasteiger partial charge is 0.497 e. The van der Waals surface area contributed by atoms with E-state index in [1.54, 1.807) is 7.11 Å². The molecule has 0 radical (unpaired) electrons. The van der Waals surface area contributed by atoms with Crippen LogP contribution in [0.3, 0.4) is 0 Å². The minimum atomic E-state index is -0.466. The van der Waals surface area contributed by atoms with Crippen molar-refractivity contribution in [1.29, 1.82) is 0 Å². The molecule has 3 heteroatoms. The van der Waals surface area contributed by atoms with E-state index in [1.165, 1.54) is 25.7 Å². The summed E-state index contributed by atoms with van der Waals surface area (Å²) in [6.07, 6.45) is 4.52. The van der Waals surface area contributed by atoms with Crippen molar-refractivity contribution < 1.29 is 9.84 Å². The van der Waals surface area contributed by atoms with Gasteiger partial charge in [-0.3, -0.25) is 0 Å². The fourth-order valence-electron chi connectivity index (χ4n) is 1.88. The molecule has 1 atom stereocenters. The number of aliphatic hydroxyl groups is 1. The lowest BCUT2D eigenvalue weighted by Crippen LogP contribution is -2.22. The number of methoxy groups -OCH3 is 1. The highest BCUT2D eigenvalue weighted by molar-refractivity contribution is 5.29. The third-order valence-corrected chi connectivity index (χ3v) is 3.02. The van der Waals surface area contributed by atoms with E-state index >= 15 is 0 Å². The van der Waals surface area contributed by atoms with Crippen LogP contribution in [-0.2, 0) is 0 Å². The first-order chi connectivity index (χ1) is 8.77. The van der Waals surface area contributed by atoms with Gasteiger partial charge in [0.15, 0.2) is 0 Å². The maximum absolute atomic E-state index is 10.0. The Hall–Kier alpha value is -1.06. The molecule has 0 heterocycles. The highest BCUT2D eigenvalue weighted by atomic mass is 16.5. The Morgan fingerprint density at radius 3 is 2.83 bits per heavy atom. The molecule has 0 aliphatic heterocycles. The molecule has 1 aromatic rings. The standard InChI is InChI=1S/C15H25NO2/c1-3-4-5-6-10-16-12-15(17)13-8-7-9-14(11-13)18-2/h7-9,11,15-17H,3-6,10,12H2,1-2H3. The summed E-state index contributed by atoms with van der Waals surface area (Å²) in [5.74, 6) is 0.787. The van der Waals surface area contributed by atoms with Crippen molar-refractivity contribution in [1.82, 2.24) is 5.32 Å². The van der Waals surface area contributed by atoms with Crippen LogP contribution in [0.4, 0.5) is 0 Å². The van der Waals surface area contributed by atoms with E-state index in [0.717, 1.165) is 17.9 Å². The molecule has 18 heavy (non-hydrogen) atoms. The summed E-state index contributed by atoms with van der Waals surface area (Å²) in [4.78, 5) is 0. The molecule has 3 nitrogen and oxygen atoms in total. The van der Waals surface area contributed by atoms with Gasteiger partial charge in [-0.25, -0.2) is 0 Å². The molecule has 0 amide bonds. The molecule has 0 bridgehead atoms. The second-order valence-corrected chi connectivity index (χ2v) is 4.56. The van der Waals surface area contributed by atoms with Crippen LogP contribution in [0, 0.1) is 0 Å². The Kier molecular flexibility index (Phi) is 7.46. The Morgan fingerprint density at radius 2 is 2.11 bits per heavy atom. The van der Waals surface area contributed by atoms with Crippen LogP contribution < -0.4 is 10.1 Å². The minimum absolute atomic E-state index is 0.466. The molecule has 0 aromatic heterocycles. The average Bonchev–Trinajstić information content (AvgIpc) is 2.42. The topological polar surface area (TPSA) is 41.5 Å². The quantitative estimate of drug-likeness (QED) is 0.663. The molecule has 0 aliphatic carbocycles. The van der Waals surface area contributed by atoms with E-state index in [1.807, 2.05) is 24.3 Å². The first-order valence-corrected chi connectivity index (χ1v) is 6.80. The molecular weight excluding hydrogens is 226 g/mol. The van der Waals surface area contributed by atoms with Gasteiger partial charge in [0.05, 0.1) is 13.2 Å². The number of hydrogen-bond acceptors (Lipinski definition) is 3. The highest BCUT2D eigenvalue weighted by Crippen LogP contribution is 2.18. The molecule has 0 fully saturated rings. The number of hydrogen-bond donors (Lipinski definition) is 2. The van der Waals surface area contributed by atoms with Gasteiger partial charge in [0, 0.05) is 6.54 Å². The van der Waals surface area contributed by atoms with E-state index in [4.69, 9.17) is 4.74 Å². The normalized spacial score (nSPS) is 12.4. The average molecular weight is 251 g/mol. The van der Waals surface area contributed by atoms with Crippen molar-refractivity contribution >= 4 is 0 Å². The van der Waals surface area contributed by atoms with Gasteiger partial charge >= 0.3 is 0 Å². The molecule has 1 unspecified atom stereocenters. The van der Waals surface area contributed by atoms with Crippen molar-refractivity contribution in [2.24, 2.45) is 0 Å². The summed E-state index contributed by atoms with van der Waals surface area (Å²) in [5.41, 5.74) is 0.899. The predicted octanol–water partition coefficient (Wildman–Crippen LogP) is 2.90. The smallest absolute Gasteiger partial charge is 0.119 e. The Labute approximate surface area is 110 Å². The van der Waals surface area contributed by atoms with Gasteiger partial charge in [0.1, 0.15) is 5.75 Å². The molecular formula is C15H25NO2. The molecule has 0 saturated carbocycles. The molecule has 0 spiro atoms. The fraction of sp³-hybridized carbons (Fsp3) is 0.600. The molecule has 1 aromatic carbocycles. The van der Waals surface area contributed by atoms with Gasteiger partial charge < -0.3 is 15.2 Å². The number of aliphatic hydroxyl groups excluding tert-OH is 1. The van der Waals surface area contributed by atoms with Crippen molar-refractivity contribution in [2.75, 3.05) is 20.2 Å². The molecule has 1 rings (SSSR count). The maximum Gasteiger partial charge on any atom is 0.119 e. The summed E-state index contributed by atoms with van der Waals surface area (Å²) in [6, 6.07) is 7.59. The first-order valence-electron chi connectivity index (χ1n) is 6.80. The summed E-state index contributed by atoms with van der Waals surface area (Å²) >= 11 is 0. The fourth-order valence-corrected chi connectivity index (χ4v) is 1.88. The van der Waals surface area contributed by atoms with E-state index in [0.29, 0.717) is 6.54 Å². The minimum Gasteiger partial charge on any atom is -0.497 e. The lowest BCUT2D eigenvalue weighted by molar-refractivity contribution is 0.174. The molecule has 102 valence electrons. The maximum atomic E-state index is 10.0. The lowest BCUT2D eigenvalue weighted by atomic mass is 10.1. The number of rotatable bonds is 9. The van der Waals surface area contributed by atoms with Gasteiger partial charge in [-0.15, -0.1) is 0 Å². The third-order valence-electron chi connectivity index (χ3n) is 3.02. The number of ether oxygens (including phenoxy) is 1. The van der Waals surface area contributed by atoms with E-state index < -0.39 is 6.10 Å². The van der Waals surface area contributed by atoms with Gasteiger partial charge in [0.25, 0.3) is 0 Å². The van der Waals surface area contributed by atoms with Crippen molar-refractivity contribution in [2.45, 2.75) is 38.7 Å². The van der Waals surface area contributed by atoms with E-state index in [-0.39, 0.29) is 0 Å². The Morgan fingerprint density at radius 1 is 1.28 bits per heavy atom. The van der Waals surface area contributed by atoms with E-state index in [2.05, 4.69) is 12.2 Å². The molecule has 0 aliphatic rings. The van der Waals surface area contributed by atoms with Crippen LogP contribution in [0.15, 0.2) is 24.3 Å². The zero-order chi connectivity index (χ0) is 13.2. The zero-order valence-corrected chi connectivity index (χ0v) is 11.5. The molecule has 2 N–H and O–H groups in total. The number of unbranched alkanes of at least 4 members (excludes halogenated alkanes) is 3. The number of nitrogens with one attached hydrogen (secondary N) is 1. The van der Waals surface area contributed by atoms with Crippen LogP contribution in [0.5, 0.6) is 5.75 Å². The molecule has 0 saturated heterocycles. The van der Waals surface area contributed by atoms with Crippen LogP contribution >= 0.6 is 0 Å². The van der Waals surface area contributed by atoms with E-state index in [9.17, 15) is 5.11 Å². The van der Waals surface area contributed by atoms with Crippen molar-refractivity contribution in [3.8, 4) is 5.75 Å². The summed E-state index contributed by atoms with van der Waals surface area (Å²) in [5, 5.41) is 13.3. The van der Waals surface area contributed by atoms with Gasteiger partial charge in [-0.2, -0.15) is 0 Å². The summed E-state index contributed by atoms with van der Waals surface area (Å²) in [6.45, 7) is 3.78. The SMILES string of the molecule is CCCCCCNCC(O)c1cccc(OC)c1. The Balaban J connectivity index is 2.25. The second kappa shape index (κ2) is 8.95. The zero-order valence-electron chi connectivity index (χ0n) is 11.5. The summed E-state index contributed by atoms with van der Waals surface area (Å²) < 4.78 is 5.14. The lowest BCUT2D eigenvalue weighted by Gasteiger charge is -2.13. The third kappa shape index (κ3) is 5.52. The predicted molar refractivity (Wildman–Crippen MR) is 75.0 cm³/mol. The van der Waals surface area contributed by atoms with Crippen LogP contribution in [0.25, 0.3) is 0 Å². The van der Waals surface area contributed by atoms with Crippen LogP contribution in [0.1, 0.15) is 44.3 Å². The first kappa shape index (κ1) is 15.0.